The largest absolute Gasteiger partial charge is 0.493 e. The monoisotopic (exact) mass is 626 g/mol. The fourth-order valence-corrected chi connectivity index (χ4v) is 10.8. The molecular weight excluding hydrogens is 569 g/mol. The molecule has 0 amide bonds. The summed E-state index contributed by atoms with van der Waals surface area (Å²) in [5.74, 6) is 9.30. The highest BCUT2D eigenvalue weighted by atomic mass is 32.1. The Labute approximate surface area is 277 Å². The van der Waals surface area contributed by atoms with Crippen molar-refractivity contribution in [2.24, 2.45) is 47.3 Å². The van der Waals surface area contributed by atoms with Gasteiger partial charge >= 0.3 is 0 Å². The number of rotatable bonds is 9. The zero-order valence-corrected chi connectivity index (χ0v) is 29.0. The van der Waals surface area contributed by atoms with Gasteiger partial charge in [0.1, 0.15) is 11.5 Å². The normalized spacial score (nSPS) is 32.8. The quantitative estimate of drug-likeness (QED) is 0.235. The molecule has 3 aromatic rings. The number of hydrogen-bond donors (Lipinski definition) is 0. The van der Waals surface area contributed by atoms with Crippen molar-refractivity contribution in [1.29, 1.82) is 0 Å². The van der Waals surface area contributed by atoms with E-state index < -0.39 is 0 Å². The lowest BCUT2D eigenvalue weighted by Crippen LogP contribution is -2.27. The Balaban J connectivity index is 0.977. The van der Waals surface area contributed by atoms with Crippen LogP contribution in [-0.2, 0) is 0 Å². The first-order valence-corrected chi connectivity index (χ1v) is 19.8. The Morgan fingerprint density at radius 1 is 0.533 bits per heavy atom. The van der Waals surface area contributed by atoms with Crippen LogP contribution in [0.4, 0.5) is 0 Å². The van der Waals surface area contributed by atoms with Crippen molar-refractivity contribution in [3.63, 3.8) is 0 Å². The predicted molar refractivity (Wildman–Crippen MR) is 191 cm³/mol. The number of benzene rings is 2. The van der Waals surface area contributed by atoms with Gasteiger partial charge in [0, 0.05) is 10.3 Å². The maximum absolute atomic E-state index is 6.68. The molecule has 3 heteroatoms. The van der Waals surface area contributed by atoms with Gasteiger partial charge in [-0.3, -0.25) is 0 Å². The molecular formula is C42H58O2S. The highest BCUT2D eigenvalue weighted by molar-refractivity contribution is 7.22. The summed E-state index contributed by atoms with van der Waals surface area (Å²) < 4.78 is 14.6. The third-order valence-corrected chi connectivity index (χ3v) is 14.1. The first-order chi connectivity index (χ1) is 22.1. The Morgan fingerprint density at radius 2 is 0.978 bits per heavy atom. The zero-order chi connectivity index (χ0) is 30.6. The zero-order valence-electron chi connectivity index (χ0n) is 28.2. The first-order valence-electron chi connectivity index (χ1n) is 19.0. The van der Waals surface area contributed by atoms with E-state index in [0.717, 1.165) is 60.2 Å². The second kappa shape index (κ2) is 14.8. The van der Waals surface area contributed by atoms with E-state index in [9.17, 15) is 0 Å². The molecule has 0 spiro atoms. The van der Waals surface area contributed by atoms with Crippen LogP contribution in [0, 0.1) is 47.3 Å². The molecule has 4 saturated carbocycles. The molecule has 0 radical (unpaired) electrons. The third kappa shape index (κ3) is 7.77. The molecule has 1 heterocycles. The summed E-state index contributed by atoms with van der Waals surface area (Å²) in [4.78, 5) is 1.30. The minimum Gasteiger partial charge on any atom is -0.493 e. The van der Waals surface area contributed by atoms with Crippen molar-refractivity contribution in [2.75, 3.05) is 13.2 Å². The van der Waals surface area contributed by atoms with Crippen molar-refractivity contribution in [1.82, 2.24) is 0 Å². The Bertz CT molecular complexity index is 1250. The summed E-state index contributed by atoms with van der Waals surface area (Å²) in [5, 5.41) is 1.23. The van der Waals surface area contributed by atoms with Crippen LogP contribution in [0.2, 0.25) is 0 Å². The average molecular weight is 627 g/mol. The van der Waals surface area contributed by atoms with Gasteiger partial charge in [-0.25, -0.2) is 0 Å². The van der Waals surface area contributed by atoms with Crippen LogP contribution in [0.5, 0.6) is 11.5 Å². The minimum absolute atomic E-state index is 0.689. The van der Waals surface area contributed by atoms with E-state index in [0.29, 0.717) is 11.8 Å². The molecule has 0 N–H and O–H groups in total. The molecule has 7 rings (SSSR count). The molecule has 4 aliphatic carbocycles. The number of thiophene rings is 1. The van der Waals surface area contributed by atoms with Gasteiger partial charge in [0.25, 0.3) is 0 Å². The lowest BCUT2D eigenvalue weighted by atomic mass is 9.69. The molecule has 0 aliphatic heterocycles. The van der Waals surface area contributed by atoms with Crippen molar-refractivity contribution < 1.29 is 9.47 Å². The van der Waals surface area contributed by atoms with E-state index in [1.807, 2.05) is 11.3 Å². The standard InChI is InChI=1S/C42H58O2S/c1-29-8-16-33(17-9-29)35-20-12-31(13-21-35)27-43-39-24-25-40(42-38(39)26-41(45-42)37-6-4-3-5-7-37)44-28-32-14-22-36(23-15-32)34-18-10-30(2)11-19-34/h3-7,24-26,29-36H,8-23,27-28H2,1-2H3. The molecule has 1 aromatic heterocycles. The van der Waals surface area contributed by atoms with Gasteiger partial charge in [0.05, 0.1) is 17.9 Å². The molecule has 0 saturated heterocycles. The Kier molecular flexibility index (Phi) is 10.4. The summed E-state index contributed by atoms with van der Waals surface area (Å²) in [6, 6.07) is 17.6. The van der Waals surface area contributed by atoms with Gasteiger partial charge in [-0.05, 0) is 148 Å². The van der Waals surface area contributed by atoms with Gasteiger partial charge in [-0.2, -0.15) is 0 Å². The Morgan fingerprint density at radius 3 is 1.49 bits per heavy atom. The molecule has 4 aliphatic rings. The summed E-state index contributed by atoms with van der Waals surface area (Å²) >= 11 is 1.87. The lowest BCUT2D eigenvalue weighted by molar-refractivity contribution is 0.125. The van der Waals surface area contributed by atoms with E-state index in [2.05, 4.69) is 62.4 Å². The van der Waals surface area contributed by atoms with Crippen LogP contribution in [0.25, 0.3) is 20.5 Å². The minimum atomic E-state index is 0.689. The molecule has 244 valence electrons. The van der Waals surface area contributed by atoms with Crippen molar-refractivity contribution in [3.8, 4) is 21.9 Å². The van der Waals surface area contributed by atoms with Crippen molar-refractivity contribution >= 4 is 21.4 Å². The molecule has 45 heavy (non-hydrogen) atoms. The first kappa shape index (κ1) is 31.6. The highest BCUT2D eigenvalue weighted by Crippen LogP contribution is 2.46. The predicted octanol–water partition coefficient (Wildman–Crippen LogP) is 12.6. The van der Waals surface area contributed by atoms with Gasteiger partial charge in [-0.1, -0.05) is 69.9 Å². The van der Waals surface area contributed by atoms with Crippen LogP contribution in [0.15, 0.2) is 48.5 Å². The number of ether oxygens (including phenoxy) is 2. The van der Waals surface area contributed by atoms with E-state index >= 15 is 0 Å². The van der Waals surface area contributed by atoms with E-state index in [1.165, 1.54) is 123 Å². The second-order valence-electron chi connectivity index (χ2n) is 16.0. The van der Waals surface area contributed by atoms with E-state index in [1.54, 1.807) is 0 Å². The summed E-state index contributed by atoms with van der Waals surface area (Å²) in [7, 11) is 0. The van der Waals surface area contributed by atoms with Crippen LogP contribution in [0.1, 0.15) is 117 Å². The van der Waals surface area contributed by atoms with Crippen LogP contribution < -0.4 is 9.47 Å². The molecule has 0 unspecified atom stereocenters. The van der Waals surface area contributed by atoms with Gasteiger partial charge in [-0.15, -0.1) is 11.3 Å². The van der Waals surface area contributed by atoms with E-state index in [-0.39, 0.29) is 0 Å². The lowest BCUT2D eigenvalue weighted by Gasteiger charge is -2.37. The molecule has 2 nitrogen and oxygen atoms in total. The van der Waals surface area contributed by atoms with Gasteiger partial charge in [0.2, 0.25) is 0 Å². The van der Waals surface area contributed by atoms with Gasteiger partial charge < -0.3 is 9.47 Å². The average Bonchev–Trinajstić information content (AvgIpc) is 3.55. The summed E-state index contributed by atoms with van der Waals surface area (Å²) in [6.45, 7) is 6.59. The fourth-order valence-electron chi connectivity index (χ4n) is 9.64. The summed E-state index contributed by atoms with van der Waals surface area (Å²) in [5.41, 5.74) is 1.28. The van der Waals surface area contributed by atoms with Crippen LogP contribution in [0.3, 0.4) is 0 Å². The molecule has 4 fully saturated rings. The molecule has 0 bridgehead atoms. The van der Waals surface area contributed by atoms with Crippen LogP contribution >= 0.6 is 11.3 Å². The maximum Gasteiger partial charge on any atom is 0.137 e. The highest BCUT2D eigenvalue weighted by Gasteiger charge is 2.32. The van der Waals surface area contributed by atoms with Crippen molar-refractivity contribution in [3.05, 3.63) is 48.5 Å². The smallest absolute Gasteiger partial charge is 0.137 e. The number of hydrogen-bond acceptors (Lipinski definition) is 3. The molecule has 0 atom stereocenters. The maximum atomic E-state index is 6.68. The second-order valence-corrected chi connectivity index (χ2v) is 17.1. The van der Waals surface area contributed by atoms with Gasteiger partial charge in [0.15, 0.2) is 0 Å². The Hall–Kier alpha value is -2.00. The van der Waals surface area contributed by atoms with E-state index in [4.69, 9.17) is 9.47 Å². The summed E-state index contributed by atoms with van der Waals surface area (Å²) in [6.07, 6.45) is 22.7. The topological polar surface area (TPSA) is 18.5 Å². The van der Waals surface area contributed by atoms with Crippen molar-refractivity contribution in [2.45, 2.75) is 117 Å². The van der Waals surface area contributed by atoms with Crippen LogP contribution in [-0.4, -0.2) is 13.2 Å². The fraction of sp³-hybridized carbons (Fsp3) is 0.667. The SMILES string of the molecule is CC1CCC(C2CCC(COc3ccc(OCC4CCC(C5CCC(C)CC5)CC4)c4sc(-c5ccccc5)cc34)CC2)CC1. The third-order valence-electron chi connectivity index (χ3n) is 12.9. The molecule has 2 aromatic carbocycles. The number of fused-ring (bicyclic) bond motifs is 1.